The molecular formula is C8H14F3LiO3S. The molecule has 3 nitrogen and oxygen atoms in total. The second-order valence-electron chi connectivity index (χ2n) is 3.29. The predicted molar refractivity (Wildman–Crippen MR) is 48.8 cm³/mol. The maximum Gasteiger partial charge on any atom is 1.00 e. The Morgan fingerprint density at radius 3 is 2.06 bits per heavy atom. The van der Waals surface area contributed by atoms with Gasteiger partial charge in [-0.25, -0.2) is 17.2 Å². The fourth-order valence-corrected chi connectivity index (χ4v) is 1.69. The van der Waals surface area contributed by atoms with Crippen LogP contribution in [0.2, 0.25) is 0 Å². The van der Waals surface area contributed by atoms with Gasteiger partial charge in [0.1, 0.15) is 12.3 Å². The van der Waals surface area contributed by atoms with Gasteiger partial charge in [0, 0.05) is 0 Å². The van der Waals surface area contributed by atoms with Crippen LogP contribution in [0.3, 0.4) is 0 Å². The van der Waals surface area contributed by atoms with Gasteiger partial charge in [0.25, 0.3) is 0 Å². The van der Waals surface area contributed by atoms with Crippen LogP contribution in [-0.2, 0) is 10.1 Å². The van der Waals surface area contributed by atoms with E-state index in [4.69, 9.17) is 0 Å². The van der Waals surface area contributed by atoms with Crippen molar-refractivity contribution in [2.45, 2.75) is 38.0 Å². The molecule has 0 rings (SSSR count). The number of halogens is 3. The monoisotopic (exact) mass is 254 g/mol. The van der Waals surface area contributed by atoms with Gasteiger partial charge in [-0.2, -0.15) is 0 Å². The Labute approximate surface area is 106 Å². The summed E-state index contributed by atoms with van der Waals surface area (Å²) in [6.45, 7) is -0.509. The number of hydrogen-bond donors (Lipinski definition) is 0. The van der Waals surface area contributed by atoms with Crippen molar-refractivity contribution < 1.29 is 45.0 Å². The van der Waals surface area contributed by atoms with E-state index in [1.807, 2.05) is 0 Å². The van der Waals surface area contributed by atoms with Crippen molar-refractivity contribution in [1.82, 2.24) is 0 Å². The molecule has 0 saturated carbocycles. The molecule has 0 aromatic rings. The Balaban J connectivity index is 0. The van der Waals surface area contributed by atoms with Crippen molar-refractivity contribution in [3.63, 3.8) is 0 Å². The van der Waals surface area contributed by atoms with E-state index in [2.05, 4.69) is 0 Å². The molecule has 0 aromatic heterocycles. The third-order valence-electron chi connectivity index (χ3n) is 1.87. The maximum absolute atomic E-state index is 12.9. The Kier molecular flexibility index (Phi) is 10.9. The van der Waals surface area contributed by atoms with Gasteiger partial charge in [0.15, 0.2) is 0 Å². The minimum absolute atomic E-state index is 0. The minimum atomic E-state index is -4.73. The summed E-state index contributed by atoms with van der Waals surface area (Å²) in [6.07, 6.45) is -3.44. The van der Waals surface area contributed by atoms with Crippen LogP contribution in [-0.4, -0.2) is 37.7 Å². The fraction of sp³-hybridized carbons (Fsp3) is 1.00. The molecular weight excluding hydrogens is 240 g/mol. The van der Waals surface area contributed by atoms with Crippen LogP contribution in [0.5, 0.6) is 0 Å². The quantitative estimate of drug-likeness (QED) is 0.309. The van der Waals surface area contributed by atoms with Gasteiger partial charge in [-0.05, 0) is 12.8 Å². The summed E-state index contributed by atoms with van der Waals surface area (Å²) in [4.78, 5) is 0. The van der Waals surface area contributed by atoms with Gasteiger partial charge in [0.2, 0.25) is 0 Å². The second-order valence-corrected chi connectivity index (χ2v) is 4.74. The van der Waals surface area contributed by atoms with Gasteiger partial charge in [-0.15, -0.1) is 0 Å². The minimum Gasteiger partial charge on any atom is -0.748 e. The summed E-state index contributed by atoms with van der Waals surface area (Å²) in [7, 11) is -4.73. The Hall–Kier alpha value is 0.297. The summed E-state index contributed by atoms with van der Waals surface area (Å²) in [6, 6.07) is 0. The molecule has 0 aliphatic rings. The summed E-state index contributed by atoms with van der Waals surface area (Å²) in [5.74, 6) is -1.34. The first kappa shape index (κ1) is 18.7. The van der Waals surface area contributed by atoms with Gasteiger partial charge in [-0.3, -0.25) is 4.39 Å². The summed E-state index contributed by atoms with van der Waals surface area (Å²) in [5, 5.41) is 0. The van der Waals surface area contributed by atoms with Gasteiger partial charge >= 0.3 is 18.9 Å². The van der Waals surface area contributed by atoms with Gasteiger partial charge in [-0.1, -0.05) is 12.8 Å². The topological polar surface area (TPSA) is 57.2 Å². The molecule has 2 atom stereocenters. The Morgan fingerprint density at radius 2 is 1.62 bits per heavy atom. The summed E-state index contributed by atoms with van der Waals surface area (Å²) in [5.41, 5.74) is 0. The van der Waals surface area contributed by atoms with Crippen LogP contribution in [0.4, 0.5) is 13.2 Å². The van der Waals surface area contributed by atoms with Gasteiger partial charge in [0.05, 0.1) is 22.5 Å². The largest absolute Gasteiger partial charge is 1.00 e. The molecule has 92 valence electrons. The first-order valence-corrected chi connectivity index (χ1v) is 6.22. The molecule has 0 radical (unpaired) electrons. The molecule has 0 N–H and O–H groups in total. The zero-order valence-electron chi connectivity index (χ0n) is 9.16. The van der Waals surface area contributed by atoms with E-state index >= 15 is 0 Å². The summed E-state index contributed by atoms with van der Waals surface area (Å²) >= 11 is 0. The fourth-order valence-electron chi connectivity index (χ4n) is 1.09. The van der Waals surface area contributed by atoms with Crippen LogP contribution >= 0.6 is 0 Å². The van der Waals surface area contributed by atoms with E-state index < -0.39 is 34.9 Å². The Morgan fingerprint density at radius 1 is 1.06 bits per heavy atom. The first-order chi connectivity index (χ1) is 6.87. The van der Waals surface area contributed by atoms with Crippen LogP contribution in [0.1, 0.15) is 25.7 Å². The molecule has 8 heteroatoms. The Bertz CT molecular complexity index is 261. The predicted octanol–water partition coefficient (Wildman–Crippen LogP) is -1.26. The summed E-state index contributed by atoms with van der Waals surface area (Å²) < 4.78 is 67.6. The van der Waals surface area contributed by atoms with E-state index in [1.165, 1.54) is 0 Å². The smallest absolute Gasteiger partial charge is 0.748 e. The van der Waals surface area contributed by atoms with Crippen molar-refractivity contribution in [3.8, 4) is 0 Å². The molecule has 0 aliphatic heterocycles. The van der Waals surface area contributed by atoms with E-state index in [-0.39, 0.29) is 38.1 Å². The van der Waals surface area contributed by atoms with Crippen molar-refractivity contribution in [2.24, 2.45) is 0 Å². The van der Waals surface area contributed by atoms with Crippen molar-refractivity contribution in [3.05, 3.63) is 0 Å². The van der Waals surface area contributed by atoms with Crippen molar-refractivity contribution >= 4 is 10.1 Å². The standard InChI is InChI=1S/C8H15F3O3S.Li/c9-5-3-1-2-4-7(10)8(11)6-15(12,13)14;/h7-8H,1-6H2,(H,12,13,14);/q;+1/p-1. The van der Waals surface area contributed by atoms with Crippen molar-refractivity contribution in [1.29, 1.82) is 0 Å². The zero-order chi connectivity index (χ0) is 11.9. The van der Waals surface area contributed by atoms with E-state index in [0.717, 1.165) is 0 Å². The molecule has 0 aliphatic carbocycles. The van der Waals surface area contributed by atoms with Crippen molar-refractivity contribution in [2.75, 3.05) is 12.4 Å². The molecule has 0 bridgehead atoms. The third kappa shape index (κ3) is 10.8. The molecule has 0 saturated heterocycles. The molecule has 0 amide bonds. The number of unbranched alkanes of at least 4 members (excludes halogenated alkanes) is 2. The number of hydrogen-bond acceptors (Lipinski definition) is 3. The first-order valence-electron chi connectivity index (χ1n) is 4.64. The molecule has 0 aromatic carbocycles. The molecule has 0 spiro atoms. The normalized spacial score (nSPS) is 15.2. The van der Waals surface area contributed by atoms with Gasteiger partial charge < -0.3 is 4.55 Å². The van der Waals surface area contributed by atoms with Crippen LogP contribution in [0.25, 0.3) is 0 Å². The maximum atomic E-state index is 12.9. The van der Waals surface area contributed by atoms with Crippen LogP contribution in [0, 0.1) is 0 Å². The second kappa shape index (κ2) is 9.34. The molecule has 0 fully saturated rings. The number of alkyl halides is 3. The average molecular weight is 254 g/mol. The van der Waals surface area contributed by atoms with E-state index in [9.17, 15) is 26.1 Å². The third-order valence-corrected chi connectivity index (χ3v) is 2.60. The van der Waals surface area contributed by atoms with Crippen LogP contribution < -0.4 is 18.9 Å². The van der Waals surface area contributed by atoms with Crippen LogP contribution in [0.15, 0.2) is 0 Å². The SMILES string of the molecule is O=S(=O)([O-])CC(F)C(F)CCCCCF.[Li+]. The average Bonchev–Trinajstić information content (AvgIpc) is 2.09. The molecule has 16 heavy (non-hydrogen) atoms. The number of rotatable bonds is 8. The molecule has 0 heterocycles. The van der Waals surface area contributed by atoms with E-state index in [0.29, 0.717) is 6.42 Å². The zero-order valence-corrected chi connectivity index (χ0v) is 9.98. The molecule has 2 unspecified atom stereocenters. The van der Waals surface area contributed by atoms with E-state index in [1.54, 1.807) is 0 Å².